The summed E-state index contributed by atoms with van der Waals surface area (Å²) in [7, 11) is 5.11. The lowest BCUT2D eigenvalue weighted by Crippen LogP contribution is -2.42. The number of hydrogen-bond donors (Lipinski definition) is 0. The van der Waals surface area contributed by atoms with Crippen LogP contribution >= 0.6 is 11.3 Å². The summed E-state index contributed by atoms with van der Waals surface area (Å²) in [5.74, 6) is -2.44. The predicted molar refractivity (Wildman–Crippen MR) is 194 cm³/mol. The summed E-state index contributed by atoms with van der Waals surface area (Å²) in [6.45, 7) is 9.52. The topological polar surface area (TPSA) is 98.4 Å². The Labute approximate surface area is 301 Å². The second-order valence-electron chi connectivity index (χ2n) is 13.2. The van der Waals surface area contributed by atoms with Crippen LogP contribution in [0.15, 0.2) is 54.4 Å². The van der Waals surface area contributed by atoms with E-state index in [9.17, 15) is 14.0 Å². The number of aromatic nitrogens is 5. The Hall–Kier alpha value is -5.50. The van der Waals surface area contributed by atoms with Gasteiger partial charge in [-0.25, -0.2) is 23.1 Å². The van der Waals surface area contributed by atoms with Crippen LogP contribution in [0.2, 0.25) is 0 Å². The number of carbonyl (C=O) groups is 2. The number of pyridine rings is 1. The maximum absolute atomic E-state index is 16.3. The fraction of sp³-hybridized carbons (Fsp3) is 0.289. The van der Waals surface area contributed by atoms with E-state index in [0.717, 1.165) is 34.3 Å². The van der Waals surface area contributed by atoms with Crippen LogP contribution in [0, 0.1) is 24.4 Å². The molecule has 2 atom stereocenters. The van der Waals surface area contributed by atoms with Crippen molar-refractivity contribution in [2.45, 2.75) is 39.3 Å². The molecule has 4 aromatic heterocycles. The minimum absolute atomic E-state index is 0.0217. The van der Waals surface area contributed by atoms with Gasteiger partial charge >= 0.3 is 0 Å². The minimum atomic E-state index is -1.00. The quantitative estimate of drug-likeness (QED) is 0.150. The van der Waals surface area contributed by atoms with Crippen molar-refractivity contribution in [2.24, 2.45) is 7.05 Å². The van der Waals surface area contributed by atoms with Gasteiger partial charge in [-0.15, -0.1) is 11.3 Å². The number of thiophene rings is 1. The molecule has 6 aromatic rings. The molecule has 1 aliphatic heterocycles. The summed E-state index contributed by atoms with van der Waals surface area (Å²) < 4.78 is 57.6. The molecule has 0 aliphatic carbocycles. The third kappa shape index (κ3) is 5.80. The third-order valence-electron chi connectivity index (χ3n) is 9.63. The van der Waals surface area contributed by atoms with Crippen LogP contribution in [0.3, 0.4) is 0 Å². The summed E-state index contributed by atoms with van der Waals surface area (Å²) in [6.07, 6.45) is 1.20. The van der Waals surface area contributed by atoms with Gasteiger partial charge in [0.15, 0.2) is 0 Å². The van der Waals surface area contributed by atoms with Gasteiger partial charge in [-0.1, -0.05) is 12.6 Å². The molecule has 5 heterocycles. The Morgan fingerprint density at radius 2 is 1.83 bits per heavy atom. The highest BCUT2D eigenvalue weighted by Gasteiger charge is 2.34. The first-order valence-corrected chi connectivity index (χ1v) is 17.6. The number of hydrogen-bond acceptors (Lipinski definition) is 7. The largest absolute Gasteiger partial charge is 0.492 e. The molecule has 52 heavy (non-hydrogen) atoms. The van der Waals surface area contributed by atoms with E-state index >= 15 is 8.78 Å². The first-order valence-electron chi connectivity index (χ1n) is 16.7. The summed E-state index contributed by atoms with van der Waals surface area (Å²) >= 11 is 1.11. The molecule has 7 rings (SSSR count). The minimum Gasteiger partial charge on any atom is -0.492 e. The molecule has 14 heteroatoms. The SMILES string of the molecule is C=CC(=O)N1C[C@H](C)n2nc(-c3nc(-c4ccc5c(c4)nc(C)n5C)c4scc(F)c4c3-c3c(F)cc(F)cc3OCCC(=O)N(C)C)cc2[C@H]1C. The van der Waals surface area contributed by atoms with Crippen molar-refractivity contribution in [3.8, 4) is 39.5 Å². The highest BCUT2D eigenvalue weighted by Crippen LogP contribution is 2.48. The van der Waals surface area contributed by atoms with Gasteiger partial charge in [0.25, 0.3) is 0 Å². The van der Waals surface area contributed by atoms with Crippen LogP contribution in [-0.4, -0.2) is 73.2 Å². The molecule has 268 valence electrons. The summed E-state index contributed by atoms with van der Waals surface area (Å²) in [4.78, 5) is 38.0. The van der Waals surface area contributed by atoms with E-state index in [4.69, 9.17) is 14.8 Å². The number of fused-ring (bicyclic) bond motifs is 3. The van der Waals surface area contributed by atoms with Gasteiger partial charge in [0, 0.05) is 61.7 Å². The standard InChI is InChI=1S/C38H36F3N7O3S/c1-8-31(49)47-17-19(2)48-29(20(47)3)16-27(44-48)37-35(33-24(40)14-23(39)15-30(33)51-12-11-32(50)45(5)6)34-25(41)18-52-38(34)36(43-37)22-9-10-28-26(13-22)42-21(4)46(28)7/h8-10,13-16,18-20H,1,11-12,17H2,2-7H3/t19-,20+/m0/s1. The lowest BCUT2D eigenvalue weighted by Gasteiger charge is -2.36. The highest BCUT2D eigenvalue weighted by molar-refractivity contribution is 7.17. The first-order chi connectivity index (χ1) is 24.8. The highest BCUT2D eigenvalue weighted by atomic mass is 32.1. The van der Waals surface area contributed by atoms with Gasteiger partial charge in [0.05, 0.1) is 57.8 Å². The third-order valence-corrected chi connectivity index (χ3v) is 10.6. The number of amides is 2. The van der Waals surface area contributed by atoms with Crippen LogP contribution in [0.25, 0.3) is 54.9 Å². The molecule has 0 unspecified atom stereocenters. The van der Waals surface area contributed by atoms with Crippen LogP contribution in [0.4, 0.5) is 13.2 Å². The lowest BCUT2D eigenvalue weighted by atomic mass is 9.94. The van der Waals surface area contributed by atoms with Crippen LogP contribution in [0.1, 0.15) is 43.9 Å². The van der Waals surface area contributed by atoms with Gasteiger partial charge < -0.3 is 19.1 Å². The van der Waals surface area contributed by atoms with Crippen molar-refractivity contribution in [1.82, 2.24) is 34.1 Å². The lowest BCUT2D eigenvalue weighted by molar-refractivity contribution is -0.130. The van der Waals surface area contributed by atoms with E-state index in [1.54, 1.807) is 29.7 Å². The van der Waals surface area contributed by atoms with E-state index in [1.165, 1.54) is 16.4 Å². The van der Waals surface area contributed by atoms with Crippen LogP contribution in [-0.2, 0) is 16.6 Å². The first kappa shape index (κ1) is 34.9. The number of ether oxygens (including phenoxy) is 1. The van der Waals surface area contributed by atoms with Gasteiger partial charge in [-0.3, -0.25) is 14.3 Å². The molecule has 2 amide bonds. The van der Waals surface area contributed by atoms with Crippen LogP contribution in [0.5, 0.6) is 5.75 Å². The smallest absolute Gasteiger partial charge is 0.246 e. The Morgan fingerprint density at radius 3 is 2.56 bits per heavy atom. The van der Waals surface area contributed by atoms with Crippen molar-refractivity contribution >= 4 is 44.3 Å². The zero-order valence-corrected chi connectivity index (χ0v) is 30.3. The van der Waals surface area contributed by atoms with E-state index in [2.05, 4.69) is 11.6 Å². The van der Waals surface area contributed by atoms with Crippen molar-refractivity contribution in [1.29, 1.82) is 0 Å². The molecule has 0 fully saturated rings. The Balaban J connectivity index is 1.51. The predicted octanol–water partition coefficient (Wildman–Crippen LogP) is 7.61. The number of benzene rings is 2. The number of aryl methyl sites for hydroxylation is 2. The average Bonchev–Trinajstić information content (AvgIpc) is 3.81. The molecule has 0 saturated heterocycles. The van der Waals surface area contributed by atoms with Crippen molar-refractivity contribution in [2.75, 3.05) is 27.2 Å². The molecule has 2 aromatic carbocycles. The number of nitrogens with zero attached hydrogens (tertiary/aromatic N) is 7. The zero-order valence-electron chi connectivity index (χ0n) is 29.5. The molecule has 1 aliphatic rings. The molecule has 0 saturated carbocycles. The van der Waals surface area contributed by atoms with Gasteiger partial charge in [-0.2, -0.15) is 5.10 Å². The molecule has 0 N–H and O–H groups in total. The second-order valence-corrected chi connectivity index (χ2v) is 14.0. The zero-order chi connectivity index (χ0) is 37.2. The molecule has 0 bridgehead atoms. The molecule has 0 spiro atoms. The van der Waals surface area contributed by atoms with E-state index in [-0.39, 0.29) is 64.5 Å². The second kappa shape index (κ2) is 13.2. The van der Waals surface area contributed by atoms with Crippen molar-refractivity contribution in [3.63, 3.8) is 0 Å². The average molecular weight is 728 g/mol. The maximum atomic E-state index is 16.3. The normalized spacial score (nSPS) is 15.7. The van der Waals surface area contributed by atoms with Crippen molar-refractivity contribution in [3.05, 3.63) is 83.4 Å². The van der Waals surface area contributed by atoms with Gasteiger partial charge in [0.2, 0.25) is 11.8 Å². The fourth-order valence-electron chi connectivity index (χ4n) is 6.82. The van der Waals surface area contributed by atoms with Gasteiger partial charge in [-0.05, 0) is 45.0 Å². The summed E-state index contributed by atoms with van der Waals surface area (Å²) in [6, 6.07) is 8.50. The molecular formula is C38H36F3N7O3S. The maximum Gasteiger partial charge on any atom is 0.246 e. The summed E-state index contributed by atoms with van der Waals surface area (Å²) in [5.41, 5.74) is 3.59. The number of carbonyl (C=O) groups excluding carboxylic acids is 2. The van der Waals surface area contributed by atoms with E-state index in [0.29, 0.717) is 34.3 Å². The van der Waals surface area contributed by atoms with Crippen molar-refractivity contribution < 1.29 is 27.5 Å². The molecule has 0 radical (unpaired) electrons. The Kier molecular flexibility index (Phi) is 8.89. The number of rotatable bonds is 8. The fourth-order valence-corrected chi connectivity index (χ4v) is 7.75. The van der Waals surface area contributed by atoms with E-state index in [1.807, 2.05) is 50.6 Å². The molecular weight excluding hydrogens is 692 g/mol. The monoisotopic (exact) mass is 727 g/mol. The number of imidazole rings is 1. The number of halogens is 3. The Morgan fingerprint density at radius 1 is 1.06 bits per heavy atom. The Bertz CT molecular complexity index is 2430. The summed E-state index contributed by atoms with van der Waals surface area (Å²) in [5, 5.41) is 6.31. The van der Waals surface area contributed by atoms with E-state index < -0.39 is 23.5 Å². The van der Waals surface area contributed by atoms with Gasteiger partial charge in [0.1, 0.15) is 40.4 Å². The molecule has 10 nitrogen and oxygen atoms in total. The van der Waals surface area contributed by atoms with Crippen LogP contribution < -0.4 is 4.74 Å².